The molecule has 9 heteroatoms. The molecule has 0 atom stereocenters. The van der Waals surface area contributed by atoms with Crippen LogP contribution in [0.5, 0.6) is 0 Å². The zero-order valence-corrected chi connectivity index (χ0v) is 11.5. The third kappa shape index (κ3) is 4.08. The van der Waals surface area contributed by atoms with Crippen LogP contribution < -0.4 is 10.6 Å². The number of amides is 2. The number of nitrogens with zero attached hydrogens (tertiary/aromatic N) is 1. The highest BCUT2D eigenvalue weighted by atomic mass is 35.5. The smallest absolute Gasteiger partial charge is 0.308 e. The number of urea groups is 1. The quantitative estimate of drug-likeness (QED) is 0.793. The number of anilines is 2. The van der Waals surface area contributed by atoms with Crippen LogP contribution in [0.15, 0.2) is 36.5 Å². The Hall–Kier alpha value is -2.35. The van der Waals surface area contributed by atoms with Crippen molar-refractivity contribution in [3.8, 4) is 0 Å². The Bertz CT molecular complexity index is 689. The lowest BCUT2D eigenvalue weighted by Gasteiger charge is -2.10. The van der Waals surface area contributed by atoms with E-state index in [1.807, 2.05) is 0 Å². The van der Waals surface area contributed by atoms with E-state index in [0.717, 1.165) is 12.1 Å². The molecule has 0 bridgehead atoms. The SMILES string of the molecule is O=C(Nc1ccc(F)cc1)Nc1ncc(C(F)(F)F)cc1Cl. The topological polar surface area (TPSA) is 54.0 Å². The predicted molar refractivity (Wildman–Crippen MR) is 73.3 cm³/mol. The number of hydrogen-bond acceptors (Lipinski definition) is 2. The lowest BCUT2D eigenvalue weighted by molar-refractivity contribution is -0.137. The average Bonchev–Trinajstić information content (AvgIpc) is 2.42. The number of carbonyl (C=O) groups is 1. The summed E-state index contributed by atoms with van der Waals surface area (Å²) in [5.41, 5.74) is -0.732. The van der Waals surface area contributed by atoms with Crippen LogP contribution in [0, 0.1) is 5.82 Å². The molecule has 0 unspecified atom stereocenters. The minimum atomic E-state index is -4.58. The molecule has 2 rings (SSSR count). The summed E-state index contributed by atoms with van der Waals surface area (Å²) in [7, 11) is 0. The maximum absolute atomic E-state index is 12.7. The summed E-state index contributed by atoms with van der Waals surface area (Å²) in [5.74, 6) is -0.701. The number of carbonyl (C=O) groups excluding carboxylic acids is 1. The van der Waals surface area contributed by atoms with Crippen LogP contribution in [-0.2, 0) is 6.18 Å². The summed E-state index contributed by atoms with van der Waals surface area (Å²) in [4.78, 5) is 15.1. The van der Waals surface area contributed by atoms with Crippen LogP contribution in [-0.4, -0.2) is 11.0 Å². The third-order valence-corrected chi connectivity index (χ3v) is 2.79. The molecule has 2 N–H and O–H groups in total. The van der Waals surface area contributed by atoms with Crippen molar-refractivity contribution in [2.45, 2.75) is 6.18 Å². The lowest BCUT2D eigenvalue weighted by atomic mass is 10.3. The molecule has 1 heterocycles. The Kier molecular flexibility index (Phi) is 4.51. The Morgan fingerprint density at radius 3 is 2.32 bits per heavy atom. The zero-order valence-electron chi connectivity index (χ0n) is 10.7. The normalized spacial score (nSPS) is 11.1. The van der Waals surface area contributed by atoms with Crippen LogP contribution in [0.2, 0.25) is 5.02 Å². The van der Waals surface area contributed by atoms with Gasteiger partial charge in [0, 0.05) is 11.9 Å². The summed E-state index contributed by atoms with van der Waals surface area (Å²) >= 11 is 5.65. The maximum Gasteiger partial charge on any atom is 0.417 e. The highest BCUT2D eigenvalue weighted by Crippen LogP contribution is 2.32. The van der Waals surface area contributed by atoms with Gasteiger partial charge in [-0.05, 0) is 30.3 Å². The number of aromatic nitrogens is 1. The molecule has 0 radical (unpaired) electrons. The summed E-state index contributed by atoms with van der Waals surface area (Å²) < 4.78 is 50.1. The highest BCUT2D eigenvalue weighted by molar-refractivity contribution is 6.33. The molecule has 0 saturated heterocycles. The molecule has 1 aromatic heterocycles. The zero-order chi connectivity index (χ0) is 16.3. The number of pyridine rings is 1. The fraction of sp³-hybridized carbons (Fsp3) is 0.0769. The monoisotopic (exact) mass is 333 g/mol. The minimum absolute atomic E-state index is 0.228. The van der Waals surface area contributed by atoms with Crippen molar-refractivity contribution >= 4 is 29.1 Å². The molecule has 0 fully saturated rings. The summed E-state index contributed by atoms with van der Waals surface area (Å²) in [6, 6.07) is 4.79. The molecular formula is C13H8ClF4N3O. The van der Waals surface area contributed by atoms with Crippen molar-refractivity contribution in [1.29, 1.82) is 0 Å². The van der Waals surface area contributed by atoms with Gasteiger partial charge in [-0.3, -0.25) is 5.32 Å². The van der Waals surface area contributed by atoms with Crippen LogP contribution in [0.25, 0.3) is 0 Å². The van der Waals surface area contributed by atoms with E-state index in [1.54, 1.807) is 0 Å². The van der Waals surface area contributed by atoms with Gasteiger partial charge in [-0.1, -0.05) is 11.6 Å². The van der Waals surface area contributed by atoms with Crippen LogP contribution in [0.3, 0.4) is 0 Å². The first-order valence-electron chi connectivity index (χ1n) is 5.82. The minimum Gasteiger partial charge on any atom is -0.308 e. The van der Waals surface area contributed by atoms with Crippen molar-refractivity contribution in [3.05, 3.63) is 52.9 Å². The van der Waals surface area contributed by atoms with Crippen molar-refractivity contribution in [2.24, 2.45) is 0 Å². The van der Waals surface area contributed by atoms with Gasteiger partial charge >= 0.3 is 12.2 Å². The second-order valence-electron chi connectivity index (χ2n) is 4.14. The van der Waals surface area contributed by atoms with Gasteiger partial charge in [-0.15, -0.1) is 0 Å². The third-order valence-electron chi connectivity index (χ3n) is 2.50. The van der Waals surface area contributed by atoms with Gasteiger partial charge in [-0.25, -0.2) is 14.2 Å². The molecule has 0 spiro atoms. The number of rotatable bonds is 2. The molecule has 0 aliphatic carbocycles. The van der Waals surface area contributed by atoms with Crippen molar-refractivity contribution < 1.29 is 22.4 Å². The molecule has 1 aromatic carbocycles. The molecule has 4 nitrogen and oxygen atoms in total. The lowest BCUT2D eigenvalue weighted by Crippen LogP contribution is -2.20. The fourth-order valence-corrected chi connectivity index (χ4v) is 1.70. The van der Waals surface area contributed by atoms with Crippen molar-refractivity contribution in [2.75, 3.05) is 10.6 Å². The first-order valence-corrected chi connectivity index (χ1v) is 6.20. The van der Waals surface area contributed by atoms with E-state index in [0.29, 0.717) is 18.0 Å². The van der Waals surface area contributed by atoms with Gasteiger partial charge in [0.1, 0.15) is 5.82 Å². The van der Waals surface area contributed by atoms with Gasteiger partial charge in [0.25, 0.3) is 0 Å². The second kappa shape index (κ2) is 6.18. The van der Waals surface area contributed by atoms with Gasteiger partial charge in [0.15, 0.2) is 5.82 Å². The second-order valence-corrected chi connectivity index (χ2v) is 4.55. The molecule has 0 aliphatic rings. The molecule has 0 aliphatic heterocycles. The predicted octanol–water partition coefficient (Wildman–Crippen LogP) is 4.54. The first-order chi connectivity index (χ1) is 10.3. The largest absolute Gasteiger partial charge is 0.417 e. The van der Waals surface area contributed by atoms with Crippen LogP contribution in [0.4, 0.5) is 33.9 Å². The maximum atomic E-state index is 12.7. The highest BCUT2D eigenvalue weighted by Gasteiger charge is 2.31. The number of halogens is 5. The van der Waals surface area contributed by atoms with Gasteiger partial charge in [0.2, 0.25) is 0 Å². The standard InChI is InChI=1S/C13H8ClF4N3O/c14-10-5-7(13(16,17)18)6-19-11(10)21-12(22)20-9-3-1-8(15)2-4-9/h1-6H,(H2,19,20,21,22). The van der Waals surface area contributed by atoms with Gasteiger partial charge < -0.3 is 5.32 Å². The number of nitrogens with one attached hydrogen (secondary N) is 2. The van der Waals surface area contributed by atoms with E-state index in [9.17, 15) is 22.4 Å². The van der Waals surface area contributed by atoms with Crippen molar-refractivity contribution in [1.82, 2.24) is 4.98 Å². The summed E-state index contributed by atoms with van der Waals surface area (Å²) in [6.45, 7) is 0. The molecule has 2 amide bonds. The van der Waals surface area contributed by atoms with Crippen molar-refractivity contribution in [3.63, 3.8) is 0 Å². The Morgan fingerprint density at radius 2 is 1.77 bits per heavy atom. The summed E-state index contributed by atoms with van der Waals surface area (Å²) in [6.07, 6.45) is -4.02. The Balaban J connectivity index is 2.07. The van der Waals surface area contributed by atoms with Crippen LogP contribution >= 0.6 is 11.6 Å². The fourth-order valence-electron chi connectivity index (χ4n) is 1.49. The first kappa shape index (κ1) is 16.0. The summed E-state index contributed by atoms with van der Waals surface area (Å²) in [5, 5.41) is 4.19. The van der Waals surface area contributed by atoms with E-state index in [4.69, 9.17) is 11.6 Å². The molecule has 22 heavy (non-hydrogen) atoms. The van der Waals surface area contributed by atoms with Gasteiger partial charge in [-0.2, -0.15) is 13.2 Å². The van der Waals surface area contributed by atoms with Gasteiger partial charge in [0.05, 0.1) is 10.6 Å². The Morgan fingerprint density at radius 1 is 1.14 bits per heavy atom. The van der Waals surface area contributed by atoms with Crippen LogP contribution in [0.1, 0.15) is 5.56 Å². The number of hydrogen-bond donors (Lipinski definition) is 2. The van der Waals surface area contributed by atoms with E-state index in [1.165, 1.54) is 12.1 Å². The van der Waals surface area contributed by atoms with E-state index in [2.05, 4.69) is 15.6 Å². The van der Waals surface area contributed by atoms with E-state index in [-0.39, 0.29) is 10.8 Å². The number of alkyl halides is 3. The van der Waals surface area contributed by atoms with E-state index >= 15 is 0 Å². The molecule has 2 aromatic rings. The molecular weight excluding hydrogens is 326 g/mol. The molecule has 116 valence electrons. The molecule has 0 saturated carbocycles. The average molecular weight is 334 g/mol. The number of benzene rings is 1. The van der Waals surface area contributed by atoms with E-state index < -0.39 is 23.6 Å². The Labute approximate surface area is 127 Å².